The molecule has 0 unspecified atom stereocenters. The smallest absolute Gasteiger partial charge is 0.266 e. The highest BCUT2D eigenvalue weighted by atomic mass is 35.5. The van der Waals surface area contributed by atoms with Gasteiger partial charge < -0.3 is 19.4 Å². The van der Waals surface area contributed by atoms with Gasteiger partial charge in [0.25, 0.3) is 12.3 Å². The van der Waals surface area contributed by atoms with E-state index in [1.807, 2.05) is 29.8 Å². The fourth-order valence-electron chi connectivity index (χ4n) is 6.13. The molecule has 2 aliphatic rings. The first-order chi connectivity index (χ1) is 25.6. The van der Waals surface area contributed by atoms with E-state index in [1.54, 1.807) is 43.3 Å². The number of aromatic amines is 1. The molecule has 0 aliphatic carbocycles. The van der Waals surface area contributed by atoms with E-state index in [0.29, 0.717) is 51.8 Å². The van der Waals surface area contributed by atoms with Crippen molar-refractivity contribution in [2.24, 2.45) is 7.05 Å². The van der Waals surface area contributed by atoms with Gasteiger partial charge in [0.15, 0.2) is 0 Å². The number of rotatable bonds is 9. The van der Waals surface area contributed by atoms with Crippen molar-refractivity contribution in [2.75, 3.05) is 31.6 Å². The molecule has 5 heterocycles. The molecule has 53 heavy (non-hydrogen) atoms. The van der Waals surface area contributed by atoms with Crippen LogP contribution >= 0.6 is 11.6 Å². The van der Waals surface area contributed by atoms with Crippen LogP contribution in [0.2, 0.25) is 5.02 Å². The van der Waals surface area contributed by atoms with Crippen LogP contribution in [0.25, 0.3) is 27.5 Å². The van der Waals surface area contributed by atoms with Gasteiger partial charge in [-0.25, -0.2) is 23.1 Å². The Kier molecular flexibility index (Phi) is 10.8. The second kappa shape index (κ2) is 15.8. The van der Waals surface area contributed by atoms with Gasteiger partial charge in [0.2, 0.25) is 5.88 Å². The van der Waals surface area contributed by atoms with E-state index in [2.05, 4.69) is 31.5 Å². The number of ether oxygens (including phenoxy) is 2. The Morgan fingerprint density at radius 2 is 1.91 bits per heavy atom. The summed E-state index contributed by atoms with van der Waals surface area (Å²) in [6.07, 6.45) is 1.43. The topological polar surface area (TPSA) is 110 Å². The summed E-state index contributed by atoms with van der Waals surface area (Å²) in [5.74, 6) is 0.352. The van der Waals surface area contributed by atoms with E-state index < -0.39 is 18.1 Å². The number of anilines is 1. The van der Waals surface area contributed by atoms with E-state index in [1.165, 1.54) is 18.6 Å². The summed E-state index contributed by atoms with van der Waals surface area (Å²) in [4.78, 5) is 24.9. The third-order valence-corrected chi connectivity index (χ3v) is 9.52. The second-order valence-electron chi connectivity index (χ2n) is 12.9. The van der Waals surface area contributed by atoms with E-state index in [0.717, 1.165) is 48.8 Å². The molecular weight excluding hydrogens is 707 g/mol. The minimum atomic E-state index is -2.77. The average Bonchev–Trinajstić information content (AvgIpc) is 3.65. The number of amides is 1. The minimum absolute atomic E-state index is 0.0440. The fourth-order valence-corrected chi connectivity index (χ4v) is 6.29. The summed E-state index contributed by atoms with van der Waals surface area (Å²) < 4.78 is 54.2. The molecule has 8 rings (SSSR count). The Bertz CT molecular complexity index is 2320. The number of hydrogen-bond donors (Lipinski definition) is 2. The maximum Gasteiger partial charge on any atom is 0.266 e. The number of alkyl halides is 2. The molecule has 0 atom stereocenters. The Balaban J connectivity index is 0.00000102. The van der Waals surface area contributed by atoms with Crippen LogP contribution in [0.1, 0.15) is 58.0 Å². The SMILES string of the molecule is C1COC1.Cc1[nH]nc2c(C(F)F)cc(C(=O)Nc3ccc4c(c3)nc(CN3CC=C(c5cccc(OCc6ccc(Cl)cc6F)n5)CC3)n4C)cc12. The van der Waals surface area contributed by atoms with Crippen LogP contribution in [-0.4, -0.2) is 61.8 Å². The van der Waals surface area contributed by atoms with Crippen molar-refractivity contribution in [1.29, 1.82) is 0 Å². The molecule has 1 saturated heterocycles. The van der Waals surface area contributed by atoms with Crippen LogP contribution < -0.4 is 10.1 Å². The summed E-state index contributed by atoms with van der Waals surface area (Å²) >= 11 is 5.85. The monoisotopic (exact) mass is 743 g/mol. The fraction of sp³-hybridized carbons (Fsp3) is 0.282. The lowest BCUT2D eigenvalue weighted by molar-refractivity contribution is 0.0367. The number of nitrogens with one attached hydrogen (secondary N) is 2. The summed E-state index contributed by atoms with van der Waals surface area (Å²) in [7, 11) is 1.95. The standard InChI is InChI=1S/C36H31ClF3N7O2.C3H6O/c1-20-26-14-23(15-27(35(39)40)34(26)45-44-20)36(48)41-25-8-9-31-30(17-25)42-32(46(31)2)18-47-12-10-21(11-13-47)29-4-3-5-33(43-29)49-19-22-6-7-24(37)16-28(22)38;1-2-4-3-1/h3-10,14-17,35H,11-13,18-19H2,1-2H3,(H,41,48)(H,44,45);1-3H2. The Hall–Kier alpha value is -5.24. The molecule has 1 amide bonds. The number of aryl methyl sites for hydroxylation is 2. The molecule has 3 aromatic carbocycles. The minimum Gasteiger partial charge on any atom is -0.473 e. The number of halogens is 4. The van der Waals surface area contributed by atoms with E-state index in [4.69, 9.17) is 26.1 Å². The van der Waals surface area contributed by atoms with Crippen LogP contribution in [0.5, 0.6) is 5.88 Å². The van der Waals surface area contributed by atoms with Crippen molar-refractivity contribution < 1.29 is 27.4 Å². The van der Waals surface area contributed by atoms with E-state index in [-0.39, 0.29) is 23.3 Å². The number of H-pyrrole nitrogens is 1. The van der Waals surface area contributed by atoms with Gasteiger partial charge in [0, 0.05) is 77.9 Å². The number of fused-ring (bicyclic) bond motifs is 2. The van der Waals surface area contributed by atoms with E-state index in [9.17, 15) is 18.0 Å². The van der Waals surface area contributed by atoms with Crippen LogP contribution in [-0.2, 0) is 24.9 Å². The molecular formula is C39H37ClF3N7O3. The van der Waals surface area contributed by atoms with Crippen LogP contribution in [0.4, 0.5) is 18.9 Å². The number of aromatic nitrogens is 5. The predicted molar refractivity (Wildman–Crippen MR) is 198 cm³/mol. The van der Waals surface area contributed by atoms with Gasteiger partial charge in [-0.1, -0.05) is 29.8 Å². The third-order valence-electron chi connectivity index (χ3n) is 9.29. The Morgan fingerprint density at radius 3 is 2.62 bits per heavy atom. The van der Waals surface area contributed by atoms with Crippen molar-refractivity contribution in [3.8, 4) is 5.88 Å². The normalized spacial score (nSPS) is 14.5. The Labute approximate surface area is 308 Å². The summed E-state index contributed by atoms with van der Waals surface area (Å²) in [5.41, 5.74) is 5.02. The van der Waals surface area contributed by atoms with E-state index >= 15 is 0 Å². The number of carbonyl (C=O) groups is 1. The third kappa shape index (κ3) is 8.22. The second-order valence-corrected chi connectivity index (χ2v) is 13.4. The van der Waals surface area contributed by atoms with Gasteiger partial charge in [0.1, 0.15) is 23.8 Å². The highest BCUT2D eigenvalue weighted by molar-refractivity contribution is 6.30. The lowest BCUT2D eigenvalue weighted by Crippen LogP contribution is -2.29. The molecule has 274 valence electrons. The van der Waals surface area contributed by atoms with Crippen molar-refractivity contribution >= 4 is 50.7 Å². The highest BCUT2D eigenvalue weighted by Gasteiger charge is 2.21. The van der Waals surface area contributed by atoms with Gasteiger partial charge in [-0.3, -0.25) is 14.8 Å². The molecule has 2 aliphatic heterocycles. The molecule has 3 aromatic heterocycles. The summed E-state index contributed by atoms with van der Waals surface area (Å²) in [5, 5.41) is 10.3. The van der Waals surface area contributed by atoms with Crippen molar-refractivity contribution in [2.45, 2.75) is 39.3 Å². The first-order valence-corrected chi connectivity index (χ1v) is 17.6. The maximum absolute atomic E-state index is 14.2. The maximum atomic E-state index is 14.2. The van der Waals surface area contributed by atoms with Crippen molar-refractivity contribution in [1.82, 2.24) is 29.6 Å². The van der Waals surface area contributed by atoms with Crippen LogP contribution in [0, 0.1) is 12.7 Å². The zero-order valence-corrected chi connectivity index (χ0v) is 29.9. The molecule has 0 radical (unpaired) electrons. The van der Waals surface area contributed by atoms with Crippen LogP contribution in [0.15, 0.2) is 72.8 Å². The van der Waals surface area contributed by atoms with Gasteiger partial charge in [-0.2, -0.15) is 5.10 Å². The van der Waals surface area contributed by atoms with Gasteiger partial charge >= 0.3 is 0 Å². The predicted octanol–water partition coefficient (Wildman–Crippen LogP) is 8.41. The molecule has 10 nitrogen and oxygen atoms in total. The summed E-state index contributed by atoms with van der Waals surface area (Å²) in [6, 6.07) is 18.2. The first kappa shape index (κ1) is 36.1. The zero-order valence-electron chi connectivity index (χ0n) is 29.1. The largest absolute Gasteiger partial charge is 0.473 e. The lowest BCUT2D eigenvalue weighted by atomic mass is 10.0. The lowest BCUT2D eigenvalue weighted by Gasteiger charge is -2.25. The number of benzene rings is 3. The van der Waals surface area contributed by atoms with Gasteiger partial charge in [-0.05, 0) is 73.9 Å². The van der Waals surface area contributed by atoms with Gasteiger partial charge in [0.05, 0.1) is 23.3 Å². The molecule has 0 spiro atoms. The van der Waals surface area contributed by atoms with Crippen LogP contribution in [0.3, 0.4) is 0 Å². The number of imidazole rings is 1. The van der Waals surface area contributed by atoms with Gasteiger partial charge in [-0.15, -0.1) is 0 Å². The molecule has 0 saturated carbocycles. The first-order valence-electron chi connectivity index (χ1n) is 17.2. The number of hydrogen-bond acceptors (Lipinski definition) is 7. The molecule has 0 bridgehead atoms. The highest BCUT2D eigenvalue weighted by Crippen LogP contribution is 2.31. The zero-order chi connectivity index (χ0) is 37.1. The molecule has 6 aromatic rings. The number of carbonyl (C=O) groups excluding carboxylic acids is 1. The number of nitrogens with zero attached hydrogens (tertiary/aromatic N) is 5. The van der Waals surface area contributed by atoms with Crippen molar-refractivity contribution in [3.63, 3.8) is 0 Å². The Morgan fingerprint density at radius 1 is 1.09 bits per heavy atom. The number of pyridine rings is 1. The molecule has 1 fully saturated rings. The van der Waals surface area contributed by atoms with Crippen molar-refractivity contribution in [3.05, 3.63) is 118 Å². The quantitative estimate of drug-likeness (QED) is 0.153. The molecule has 2 N–H and O–H groups in total. The summed E-state index contributed by atoms with van der Waals surface area (Å²) in [6.45, 7) is 5.87. The average molecular weight is 744 g/mol. The molecule has 14 heteroatoms.